The average Bonchev–Trinajstić information content (AvgIpc) is 2.89. The van der Waals surface area contributed by atoms with Gasteiger partial charge in [0.2, 0.25) is 0 Å². The molecule has 0 radical (unpaired) electrons. The van der Waals surface area contributed by atoms with E-state index in [1.54, 1.807) is 19.2 Å². The smallest absolute Gasteiger partial charge is 0.357 e. The zero-order chi connectivity index (χ0) is 17.7. The second-order valence-electron chi connectivity index (χ2n) is 5.53. The van der Waals surface area contributed by atoms with Crippen molar-refractivity contribution in [2.75, 3.05) is 0 Å². The number of aromatic nitrogens is 4. The van der Waals surface area contributed by atoms with Crippen LogP contribution in [0, 0.1) is 5.82 Å². The predicted molar refractivity (Wildman–Crippen MR) is 88.5 cm³/mol. The molecule has 0 aliphatic carbocycles. The summed E-state index contributed by atoms with van der Waals surface area (Å²) in [7, 11) is 1.59. The number of aryl methyl sites for hydroxylation is 1. The van der Waals surface area contributed by atoms with Crippen LogP contribution in [0.2, 0.25) is 0 Å². The molecule has 1 aromatic carbocycles. The number of nitrogens with zero attached hydrogens (tertiary/aromatic N) is 4. The van der Waals surface area contributed by atoms with E-state index < -0.39 is 17.3 Å². The van der Waals surface area contributed by atoms with E-state index in [2.05, 4.69) is 10.1 Å². The Morgan fingerprint density at radius 2 is 2.08 bits per heavy atom. The first-order valence-electron chi connectivity index (χ1n) is 7.33. The molecule has 0 saturated heterocycles. The predicted octanol–water partition coefficient (Wildman–Crippen LogP) is 2.11. The van der Waals surface area contributed by atoms with Gasteiger partial charge in [0.1, 0.15) is 11.3 Å². The zero-order valence-corrected chi connectivity index (χ0v) is 13.0. The third-order valence-corrected chi connectivity index (χ3v) is 4.09. The Kier molecular flexibility index (Phi) is 3.14. The highest BCUT2D eigenvalue weighted by Gasteiger charge is 2.23. The Labute approximate surface area is 139 Å². The summed E-state index contributed by atoms with van der Waals surface area (Å²) in [6.45, 7) is 0. The summed E-state index contributed by atoms with van der Waals surface area (Å²) in [6.07, 6.45) is 2.94. The highest BCUT2D eigenvalue weighted by atomic mass is 19.1. The molecule has 0 unspecified atom stereocenters. The van der Waals surface area contributed by atoms with Gasteiger partial charge in [-0.3, -0.25) is 9.78 Å². The Morgan fingerprint density at radius 3 is 2.76 bits per heavy atom. The minimum absolute atomic E-state index is 0.136. The SMILES string of the molecule is Cn1c2cc(F)ccc2c2c(C(=O)O)nn(-c3cccnc3)c(=O)c21. The number of rotatable bonds is 2. The summed E-state index contributed by atoms with van der Waals surface area (Å²) in [6, 6.07) is 7.15. The fourth-order valence-electron chi connectivity index (χ4n) is 3.00. The van der Waals surface area contributed by atoms with Crippen molar-refractivity contribution in [1.29, 1.82) is 0 Å². The number of benzene rings is 1. The first-order valence-corrected chi connectivity index (χ1v) is 7.33. The second-order valence-corrected chi connectivity index (χ2v) is 5.53. The number of hydrogen-bond acceptors (Lipinski definition) is 4. The lowest BCUT2D eigenvalue weighted by atomic mass is 10.1. The molecule has 25 heavy (non-hydrogen) atoms. The Hall–Kier alpha value is -3.55. The summed E-state index contributed by atoms with van der Waals surface area (Å²) in [5, 5.41) is 14.3. The van der Waals surface area contributed by atoms with Crippen LogP contribution in [-0.2, 0) is 7.05 Å². The topological polar surface area (TPSA) is 90.0 Å². The van der Waals surface area contributed by atoms with E-state index in [0.29, 0.717) is 16.6 Å². The number of fused-ring (bicyclic) bond motifs is 3. The van der Waals surface area contributed by atoms with E-state index in [-0.39, 0.29) is 16.6 Å². The van der Waals surface area contributed by atoms with Gasteiger partial charge in [0.25, 0.3) is 5.56 Å². The van der Waals surface area contributed by atoms with Crippen molar-refractivity contribution in [2.24, 2.45) is 7.05 Å². The molecule has 8 heteroatoms. The maximum atomic E-state index is 13.6. The standard InChI is InChI=1S/C17H11FN4O3/c1-21-12-7-9(18)4-5-11(12)13-14(17(24)25)20-22(16(23)15(13)21)10-3-2-6-19-8-10/h2-8H,1H3,(H,24,25). The van der Waals surface area contributed by atoms with Gasteiger partial charge in [-0.15, -0.1) is 0 Å². The van der Waals surface area contributed by atoms with E-state index in [1.165, 1.54) is 35.2 Å². The molecule has 0 bridgehead atoms. The fourth-order valence-corrected chi connectivity index (χ4v) is 3.00. The third-order valence-electron chi connectivity index (χ3n) is 4.09. The van der Waals surface area contributed by atoms with Gasteiger partial charge in [0.15, 0.2) is 5.69 Å². The van der Waals surface area contributed by atoms with Gasteiger partial charge in [0, 0.05) is 24.0 Å². The summed E-state index contributed by atoms with van der Waals surface area (Å²) in [5.74, 6) is -1.75. The van der Waals surface area contributed by atoms with Gasteiger partial charge in [0.05, 0.1) is 17.4 Å². The molecule has 0 aliphatic rings. The minimum Gasteiger partial charge on any atom is -0.476 e. The molecule has 1 N–H and O–H groups in total. The second kappa shape index (κ2) is 5.23. The molecule has 7 nitrogen and oxygen atoms in total. The van der Waals surface area contributed by atoms with Crippen LogP contribution in [0.5, 0.6) is 0 Å². The lowest BCUT2D eigenvalue weighted by Gasteiger charge is -2.07. The van der Waals surface area contributed by atoms with E-state index >= 15 is 0 Å². The molecule has 124 valence electrons. The van der Waals surface area contributed by atoms with Crippen LogP contribution in [0.3, 0.4) is 0 Å². The highest BCUT2D eigenvalue weighted by Crippen LogP contribution is 2.29. The van der Waals surface area contributed by atoms with E-state index in [1.807, 2.05) is 0 Å². The number of halogens is 1. The molecule has 3 heterocycles. The fraction of sp³-hybridized carbons (Fsp3) is 0.0588. The van der Waals surface area contributed by atoms with Crippen molar-refractivity contribution in [3.05, 3.63) is 64.6 Å². The molecule has 4 aromatic rings. The molecular weight excluding hydrogens is 327 g/mol. The number of hydrogen-bond donors (Lipinski definition) is 1. The minimum atomic E-state index is -1.28. The van der Waals surface area contributed by atoms with Gasteiger partial charge in [-0.2, -0.15) is 9.78 Å². The van der Waals surface area contributed by atoms with Crippen molar-refractivity contribution in [3.63, 3.8) is 0 Å². The first-order chi connectivity index (χ1) is 12.0. The summed E-state index contributed by atoms with van der Waals surface area (Å²) >= 11 is 0. The summed E-state index contributed by atoms with van der Waals surface area (Å²) in [4.78, 5) is 28.6. The number of aromatic carboxylic acids is 1. The third kappa shape index (κ3) is 2.11. The van der Waals surface area contributed by atoms with E-state index in [4.69, 9.17) is 0 Å². The van der Waals surface area contributed by atoms with Crippen LogP contribution in [0.1, 0.15) is 10.5 Å². The lowest BCUT2D eigenvalue weighted by molar-refractivity contribution is 0.0691. The van der Waals surface area contributed by atoms with E-state index in [9.17, 15) is 19.1 Å². The number of pyridine rings is 1. The zero-order valence-electron chi connectivity index (χ0n) is 13.0. The molecule has 4 rings (SSSR count). The molecule has 0 amide bonds. The molecule has 0 spiro atoms. The van der Waals surface area contributed by atoms with Crippen LogP contribution in [0.25, 0.3) is 27.5 Å². The Balaban J connectivity index is 2.25. The molecule has 0 fully saturated rings. The van der Waals surface area contributed by atoms with Gasteiger partial charge >= 0.3 is 5.97 Å². The van der Waals surface area contributed by atoms with Crippen molar-refractivity contribution >= 4 is 27.8 Å². The van der Waals surface area contributed by atoms with Crippen LogP contribution in [-0.4, -0.2) is 30.4 Å². The van der Waals surface area contributed by atoms with Gasteiger partial charge in [-0.25, -0.2) is 9.18 Å². The number of carboxylic acid groups (broad SMARTS) is 1. The van der Waals surface area contributed by atoms with Crippen molar-refractivity contribution in [2.45, 2.75) is 0 Å². The maximum Gasteiger partial charge on any atom is 0.357 e. The maximum absolute atomic E-state index is 13.6. The lowest BCUT2D eigenvalue weighted by Crippen LogP contribution is -2.25. The van der Waals surface area contributed by atoms with Gasteiger partial charge < -0.3 is 9.67 Å². The number of carbonyl (C=O) groups is 1. The largest absolute Gasteiger partial charge is 0.476 e. The van der Waals surface area contributed by atoms with Gasteiger partial charge in [-0.05, 0) is 30.3 Å². The number of carboxylic acids is 1. The van der Waals surface area contributed by atoms with Crippen LogP contribution >= 0.6 is 0 Å². The van der Waals surface area contributed by atoms with Crippen molar-refractivity contribution < 1.29 is 14.3 Å². The molecule has 0 aliphatic heterocycles. The van der Waals surface area contributed by atoms with Crippen LogP contribution < -0.4 is 5.56 Å². The molecule has 0 saturated carbocycles. The Morgan fingerprint density at radius 1 is 1.28 bits per heavy atom. The van der Waals surface area contributed by atoms with Crippen molar-refractivity contribution in [3.8, 4) is 5.69 Å². The molecule has 3 aromatic heterocycles. The first kappa shape index (κ1) is 15.0. The van der Waals surface area contributed by atoms with Crippen molar-refractivity contribution in [1.82, 2.24) is 19.3 Å². The summed E-state index contributed by atoms with van der Waals surface area (Å²) < 4.78 is 16.1. The quantitative estimate of drug-likeness (QED) is 0.604. The normalized spacial score (nSPS) is 11.3. The van der Waals surface area contributed by atoms with Gasteiger partial charge in [-0.1, -0.05) is 0 Å². The average molecular weight is 338 g/mol. The van der Waals surface area contributed by atoms with Crippen LogP contribution in [0.4, 0.5) is 4.39 Å². The van der Waals surface area contributed by atoms with E-state index in [0.717, 1.165) is 4.68 Å². The highest BCUT2D eigenvalue weighted by molar-refractivity contribution is 6.15. The Bertz CT molecular complexity index is 1210. The molecular formula is C17H11FN4O3. The summed E-state index contributed by atoms with van der Waals surface area (Å²) in [5.41, 5.74) is 0.105. The monoisotopic (exact) mass is 338 g/mol. The molecule has 0 atom stereocenters. The van der Waals surface area contributed by atoms with Crippen LogP contribution in [0.15, 0.2) is 47.5 Å².